The van der Waals surface area contributed by atoms with Gasteiger partial charge in [-0.3, -0.25) is 9.69 Å². The highest BCUT2D eigenvalue weighted by Gasteiger charge is 2.26. The molecule has 1 N–H and O–H groups in total. The molecular weight excluding hydrogens is 314 g/mol. The number of carbonyl (C=O) groups excluding carboxylic acids is 1. The van der Waals surface area contributed by atoms with Crippen molar-refractivity contribution in [1.82, 2.24) is 20.1 Å². The van der Waals surface area contributed by atoms with Gasteiger partial charge in [0.1, 0.15) is 5.82 Å². The first kappa shape index (κ1) is 18.1. The maximum atomic E-state index is 12.5. The topological polar surface area (TPSA) is 51.7 Å². The Morgan fingerprint density at radius 2 is 2.00 bits per heavy atom. The van der Waals surface area contributed by atoms with Crippen LogP contribution in [-0.4, -0.2) is 79.6 Å². The van der Waals surface area contributed by atoms with E-state index in [1.54, 1.807) is 0 Å². The second kappa shape index (κ2) is 9.15. The summed E-state index contributed by atoms with van der Waals surface area (Å²) >= 11 is 0. The Morgan fingerprint density at radius 1 is 1.20 bits per heavy atom. The molecule has 1 aromatic heterocycles. The molecule has 2 aliphatic heterocycles. The van der Waals surface area contributed by atoms with Crippen molar-refractivity contribution in [2.45, 2.75) is 19.8 Å². The Morgan fingerprint density at radius 3 is 2.72 bits per heavy atom. The van der Waals surface area contributed by atoms with Crippen LogP contribution in [0.1, 0.15) is 19.8 Å². The highest BCUT2D eigenvalue weighted by Crippen LogP contribution is 2.21. The molecule has 6 nitrogen and oxygen atoms in total. The first-order valence-electron chi connectivity index (χ1n) is 9.64. The van der Waals surface area contributed by atoms with Gasteiger partial charge >= 0.3 is 0 Å². The summed E-state index contributed by atoms with van der Waals surface area (Å²) < 4.78 is 0. The van der Waals surface area contributed by atoms with Crippen LogP contribution in [0.25, 0.3) is 0 Å². The van der Waals surface area contributed by atoms with E-state index in [1.165, 1.54) is 0 Å². The molecule has 1 atom stereocenters. The molecule has 1 aromatic rings. The van der Waals surface area contributed by atoms with Gasteiger partial charge in [0.15, 0.2) is 0 Å². The number of pyridine rings is 1. The van der Waals surface area contributed by atoms with Crippen molar-refractivity contribution in [3.63, 3.8) is 0 Å². The van der Waals surface area contributed by atoms with Crippen LogP contribution in [0.2, 0.25) is 0 Å². The third kappa shape index (κ3) is 5.16. The highest BCUT2D eigenvalue weighted by molar-refractivity contribution is 5.79. The van der Waals surface area contributed by atoms with Gasteiger partial charge in [-0.15, -0.1) is 0 Å². The molecule has 0 aliphatic carbocycles. The number of piperidine rings is 1. The van der Waals surface area contributed by atoms with Crippen LogP contribution in [0.15, 0.2) is 24.4 Å². The molecule has 0 spiro atoms. The normalized spacial score (nSPS) is 22.8. The van der Waals surface area contributed by atoms with Crippen molar-refractivity contribution in [3.8, 4) is 0 Å². The summed E-state index contributed by atoms with van der Waals surface area (Å²) in [6, 6.07) is 5.96. The summed E-state index contributed by atoms with van der Waals surface area (Å²) in [7, 11) is 0. The van der Waals surface area contributed by atoms with E-state index >= 15 is 0 Å². The van der Waals surface area contributed by atoms with Gasteiger partial charge in [0.05, 0.1) is 5.92 Å². The zero-order valence-corrected chi connectivity index (χ0v) is 15.4. The molecule has 0 saturated carbocycles. The number of hydrogen-bond acceptors (Lipinski definition) is 5. The summed E-state index contributed by atoms with van der Waals surface area (Å²) in [5.41, 5.74) is 0. The number of nitrogens with zero attached hydrogens (tertiary/aromatic N) is 4. The summed E-state index contributed by atoms with van der Waals surface area (Å²) in [5.74, 6) is 1.26. The van der Waals surface area contributed by atoms with Gasteiger partial charge in [0.25, 0.3) is 0 Å². The fraction of sp³-hybridized carbons (Fsp3) is 0.684. The standard InChI is InChI=1S/C19H31N5O/c1-2-22-12-14-23(15-13-22)11-9-21-19(25)17-6-5-10-24(16-17)18-7-3-4-8-20-18/h3-4,7-8,17H,2,5-6,9-16H2,1H3,(H,21,25). The van der Waals surface area contributed by atoms with E-state index in [1.807, 2.05) is 24.4 Å². The molecule has 0 radical (unpaired) electrons. The van der Waals surface area contributed by atoms with Crippen molar-refractivity contribution >= 4 is 11.7 Å². The second-order valence-corrected chi connectivity index (χ2v) is 7.04. The van der Waals surface area contributed by atoms with Crippen LogP contribution in [-0.2, 0) is 4.79 Å². The number of carbonyl (C=O) groups is 1. The smallest absolute Gasteiger partial charge is 0.224 e. The van der Waals surface area contributed by atoms with Crippen LogP contribution in [0.4, 0.5) is 5.82 Å². The summed E-state index contributed by atoms with van der Waals surface area (Å²) in [6.45, 7) is 11.3. The SMILES string of the molecule is CCN1CCN(CCNC(=O)C2CCCN(c3ccccn3)C2)CC1. The molecule has 0 aromatic carbocycles. The quantitative estimate of drug-likeness (QED) is 0.835. The number of rotatable bonds is 6. The lowest BCUT2D eigenvalue weighted by molar-refractivity contribution is -0.125. The molecule has 2 saturated heterocycles. The van der Waals surface area contributed by atoms with Crippen LogP contribution in [0, 0.1) is 5.92 Å². The number of nitrogens with one attached hydrogen (secondary N) is 1. The minimum absolute atomic E-state index is 0.0766. The average molecular weight is 345 g/mol. The third-order valence-electron chi connectivity index (χ3n) is 5.40. The number of hydrogen-bond donors (Lipinski definition) is 1. The monoisotopic (exact) mass is 345 g/mol. The van der Waals surface area contributed by atoms with E-state index in [0.717, 1.165) is 77.6 Å². The number of amides is 1. The number of aromatic nitrogens is 1. The molecule has 2 aliphatic rings. The molecule has 1 unspecified atom stereocenters. The molecule has 138 valence electrons. The predicted molar refractivity (Wildman–Crippen MR) is 101 cm³/mol. The predicted octanol–water partition coefficient (Wildman–Crippen LogP) is 1.05. The maximum absolute atomic E-state index is 12.5. The zero-order valence-electron chi connectivity index (χ0n) is 15.4. The van der Waals surface area contributed by atoms with E-state index in [2.05, 4.69) is 31.9 Å². The fourth-order valence-corrected chi connectivity index (χ4v) is 3.75. The van der Waals surface area contributed by atoms with Gasteiger partial charge in [-0.25, -0.2) is 4.98 Å². The minimum atomic E-state index is 0.0766. The lowest BCUT2D eigenvalue weighted by Gasteiger charge is -2.34. The second-order valence-electron chi connectivity index (χ2n) is 7.04. The van der Waals surface area contributed by atoms with E-state index in [-0.39, 0.29) is 11.8 Å². The largest absolute Gasteiger partial charge is 0.356 e. The molecule has 25 heavy (non-hydrogen) atoms. The molecule has 3 rings (SSSR count). The Kier molecular flexibility index (Phi) is 6.64. The number of piperazine rings is 1. The van der Waals surface area contributed by atoms with Gasteiger partial charge in [-0.05, 0) is 31.5 Å². The molecular formula is C19H31N5O. The van der Waals surface area contributed by atoms with E-state index in [4.69, 9.17) is 0 Å². The van der Waals surface area contributed by atoms with Gasteiger partial charge in [0.2, 0.25) is 5.91 Å². The molecule has 1 amide bonds. The van der Waals surface area contributed by atoms with Crippen LogP contribution in [0.3, 0.4) is 0 Å². The first-order chi connectivity index (χ1) is 12.3. The Bertz CT molecular complexity index is 530. The van der Waals surface area contributed by atoms with Crippen molar-refractivity contribution < 1.29 is 4.79 Å². The van der Waals surface area contributed by atoms with Gasteiger partial charge in [0, 0.05) is 58.6 Å². The third-order valence-corrected chi connectivity index (χ3v) is 5.40. The van der Waals surface area contributed by atoms with Crippen LogP contribution < -0.4 is 10.2 Å². The molecule has 6 heteroatoms. The lowest BCUT2D eigenvalue weighted by atomic mass is 9.97. The summed E-state index contributed by atoms with van der Waals surface area (Å²) in [6.07, 6.45) is 3.84. The molecule has 2 fully saturated rings. The highest BCUT2D eigenvalue weighted by atomic mass is 16.1. The van der Waals surface area contributed by atoms with Gasteiger partial charge < -0.3 is 15.1 Å². The average Bonchev–Trinajstić information content (AvgIpc) is 2.69. The first-order valence-corrected chi connectivity index (χ1v) is 9.64. The van der Waals surface area contributed by atoms with Crippen LogP contribution >= 0.6 is 0 Å². The Hall–Kier alpha value is -1.66. The maximum Gasteiger partial charge on any atom is 0.224 e. The summed E-state index contributed by atoms with van der Waals surface area (Å²) in [5, 5.41) is 3.16. The summed E-state index contributed by atoms with van der Waals surface area (Å²) in [4.78, 5) is 24.1. The van der Waals surface area contributed by atoms with Gasteiger partial charge in [-0.2, -0.15) is 0 Å². The lowest BCUT2D eigenvalue weighted by Crippen LogP contribution is -2.49. The van der Waals surface area contributed by atoms with E-state index in [9.17, 15) is 4.79 Å². The van der Waals surface area contributed by atoms with Crippen molar-refractivity contribution in [3.05, 3.63) is 24.4 Å². The van der Waals surface area contributed by atoms with E-state index in [0.29, 0.717) is 0 Å². The molecule has 3 heterocycles. The van der Waals surface area contributed by atoms with Gasteiger partial charge in [-0.1, -0.05) is 13.0 Å². The number of likely N-dealkylation sites (N-methyl/N-ethyl adjacent to an activating group) is 1. The van der Waals surface area contributed by atoms with Crippen molar-refractivity contribution in [2.24, 2.45) is 5.92 Å². The molecule has 0 bridgehead atoms. The Balaban J connectivity index is 1.39. The van der Waals surface area contributed by atoms with Crippen LogP contribution in [0.5, 0.6) is 0 Å². The van der Waals surface area contributed by atoms with Crippen molar-refractivity contribution in [2.75, 3.05) is 63.8 Å². The fourth-order valence-electron chi connectivity index (χ4n) is 3.75. The van der Waals surface area contributed by atoms with Crippen molar-refractivity contribution in [1.29, 1.82) is 0 Å². The van der Waals surface area contributed by atoms with E-state index < -0.39 is 0 Å². The minimum Gasteiger partial charge on any atom is -0.356 e. The number of anilines is 1. The zero-order chi connectivity index (χ0) is 17.5. The Labute approximate surface area is 151 Å².